The van der Waals surface area contributed by atoms with Crippen molar-refractivity contribution < 1.29 is 0 Å². The molecule has 0 fully saturated rings. The van der Waals surface area contributed by atoms with Gasteiger partial charge in [0.1, 0.15) is 0 Å². The molecule has 1 aliphatic carbocycles. The first kappa shape index (κ1) is 11.2. The average molecular weight is 266 g/mol. The van der Waals surface area contributed by atoms with E-state index in [1.165, 1.54) is 24.0 Å². The molecule has 3 aromatic rings. The maximum atomic E-state index is 12.8. The van der Waals surface area contributed by atoms with Gasteiger partial charge in [0.25, 0.3) is 0 Å². The van der Waals surface area contributed by atoms with E-state index in [-0.39, 0.29) is 5.43 Å². The Morgan fingerprint density at radius 3 is 2.68 bits per heavy atom. The quantitative estimate of drug-likeness (QED) is 0.555. The molecular formula is C17H14OS. The number of hydrogen-bond donors (Lipinski definition) is 0. The van der Waals surface area contributed by atoms with Gasteiger partial charge in [-0.25, -0.2) is 0 Å². The van der Waals surface area contributed by atoms with E-state index >= 15 is 0 Å². The van der Waals surface area contributed by atoms with Gasteiger partial charge in [0.2, 0.25) is 0 Å². The van der Waals surface area contributed by atoms with Crippen molar-refractivity contribution in [2.45, 2.75) is 25.7 Å². The van der Waals surface area contributed by atoms with Gasteiger partial charge in [0, 0.05) is 20.2 Å². The zero-order chi connectivity index (χ0) is 12.8. The Morgan fingerprint density at radius 2 is 1.74 bits per heavy atom. The molecule has 0 spiro atoms. The maximum absolute atomic E-state index is 12.8. The lowest BCUT2D eigenvalue weighted by Crippen LogP contribution is -2.09. The van der Waals surface area contributed by atoms with Crippen molar-refractivity contribution in [2.75, 3.05) is 0 Å². The molecule has 1 aliphatic rings. The van der Waals surface area contributed by atoms with E-state index in [2.05, 4.69) is 12.1 Å². The highest BCUT2D eigenvalue weighted by atomic mass is 32.1. The summed E-state index contributed by atoms with van der Waals surface area (Å²) >= 11 is 1.74. The second-order valence-electron chi connectivity index (χ2n) is 5.21. The van der Waals surface area contributed by atoms with Gasteiger partial charge in [-0.3, -0.25) is 4.79 Å². The molecule has 0 N–H and O–H groups in total. The molecule has 1 heterocycles. The third-order valence-corrected chi connectivity index (χ3v) is 5.21. The van der Waals surface area contributed by atoms with Crippen molar-refractivity contribution in [2.24, 2.45) is 0 Å². The molecule has 0 bridgehead atoms. The first-order valence-electron chi connectivity index (χ1n) is 6.81. The highest BCUT2D eigenvalue weighted by molar-refractivity contribution is 7.24. The first-order valence-corrected chi connectivity index (χ1v) is 7.62. The molecule has 0 amide bonds. The van der Waals surface area contributed by atoms with Crippen LogP contribution < -0.4 is 5.43 Å². The van der Waals surface area contributed by atoms with Crippen LogP contribution >= 0.6 is 11.3 Å². The normalized spacial score (nSPS) is 14.7. The zero-order valence-corrected chi connectivity index (χ0v) is 11.4. The standard InChI is InChI=1S/C17H14OS/c18-17-13-7-3-4-8-14(13)19-15-10-9-11-5-1-2-6-12(11)16(15)17/h3-4,7-10H,1-2,5-6H2. The summed E-state index contributed by atoms with van der Waals surface area (Å²) in [6.45, 7) is 0. The summed E-state index contributed by atoms with van der Waals surface area (Å²) in [6.07, 6.45) is 4.65. The number of aryl methyl sites for hydroxylation is 2. The monoisotopic (exact) mass is 266 g/mol. The van der Waals surface area contributed by atoms with E-state index in [1.807, 2.05) is 24.3 Å². The summed E-state index contributed by atoms with van der Waals surface area (Å²) in [5.74, 6) is 0. The van der Waals surface area contributed by atoms with Crippen LogP contribution in [0.5, 0.6) is 0 Å². The van der Waals surface area contributed by atoms with Gasteiger partial charge in [-0.2, -0.15) is 0 Å². The average Bonchev–Trinajstić information content (AvgIpc) is 2.47. The summed E-state index contributed by atoms with van der Waals surface area (Å²) in [5, 5.41) is 1.86. The molecular weight excluding hydrogens is 252 g/mol. The SMILES string of the molecule is O=c1c2ccccc2sc2ccc3c(c12)CCCC3. The van der Waals surface area contributed by atoms with Crippen LogP contribution in [0.3, 0.4) is 0 Å². The molecule has 1 nitrogen and oxygen atoms in total. The van der Waals surface area contributed by atoms with Crippen molar-refractivity contribution in [1.82, 2.24) is 0 Å². The van der Waals surface area contributed by atoms with Crippen molar-refractivity contribution in [3.8, 4) is 0 Å². The second kappa shape index (κ2) is 4.17. The molecule has 0 radical (unpaired) electrons. The molecule has 2 aromatic carbocycles. The van der Waals surface area contributed by atoms with Gasteiger partial charge in [0.05, 0.1) is 0 Å². The third-order valence-electron chi connectivity index (χ3n) is 4.07. The molecule has 0 atom stereocenters. The fourth-order valence-corrected chi connectivity index (χ4v) is 4.25. The predicted molar refractivity (Wildman–Crippen MR) is 82.2 cm³/mol. The van der Waals surface area contributed by atoms with Crippen molar-refractivity contribution in [3.05, 3.63) is 57.7 Å². The first-order chi connectivity index (χ1) is 9.34. The van der Waals surface area contributed by atoms with Gasteiger partial charge >= 0.3 is 0 Å². The van der Waals surface area contributed by atoms with Gasteiger partial charge in [-0.15, -0.1) is 11.3 Å². The van der Waals surface area contributed by atoms with E-state index in [0.717, 1.165) is 33.0 Å². The van der Waals surface area contributed by atoms with Crippen molar-refractivity contribution in [1.29, 1.82) is 0 Å². The van der Waals surface area contributed by atoms with E-state index in [9.17, 15) is 4.79 Å². The molecule has 0 aliphatic heterocycles. The summed E-state index contributed by atoms with van der Waals surface area (Å²) in [6, 6.07) is 12.3. The highest BCUT2D eigenvalue weighted by Crippen LogP contribution is 2.31. The number of hydrogen-bond acceptors (Lipinski definition) is 2. The van der Waals surface area contributed by atoms with Gasteiger partial charge < -0.3 is 0 Å². The van der Waals surface area contributed by atoms with E-state index in [0.29, 0.717) is 0 Å². The Balaban J connectivity index is 2.22. The van der Waals surface area contributed by atoms with Crippen LogP contribution in [0.25, 0.3) is 20.2 Å². The molecule has 1 aromatic heterocycles. The summed E-state index contributed by atoms with van der Waals surface area (Å²) in [5.41, 5.74) is 2.93. The van der Waals surface area contributed by atoms with Gasteiger partial charge in [0.15, 0.2) is 5.43 Å². The second-order valence-corrected chi connectivity index (χ2v) is 6.29. The Hall–Kier alpha value is -1.67. The van der Waals surface area contributed by atoms with Crippen LogP contribution in [0, 0.1) is 0 Å². The van der Waals surface area contributed by atoms with E-state index in [1.54, 1.807) is 11.3 Å². The van der Waals surface area contributed by atoms with Crippen LogP contribution in [0.4, 0.5) is 0 Å². The molecule has 0 saturated heterocycles. The third kappa shape index (κ3) is 1.63. The summed E-state index contributed by atoms with van der Waals surface area (Å²) in [7, 11) is 0. The minimum atomic E-state index is 0.225. The largest absolute Gasteiger partial charge is 0.288 e. The van der Waals surface area contributed by atoms with Crippen LogP contribution in [0.15, 0.2) is 41.2 Å². The van der Waals surface area contributed by atoms with Crippen molar-refractivity contribution in [3.63, 3.8) is 0 Å². The van der Waals surface area contributed by atoms with Crippen LogP contribution in [-0.2, 0) is 12.8 Å². The number of benzene rings is 2. The molecule has 0 unspecified atom stereocenters. The molecule has 4 rings (SSSR count). The van der Waals surface area contributed by atoms with E-state index in [4.69, 9.17) is 0 Å². The topological polar surface area (TPSA) is 17.1 Å². The zero-order valence-electron chi connectivity index (χ0n) is 10.6. The molecule has 19 heavy (non-hydrogen) atoms. The Labute approximate surface area is 115 Å². The molecule has 94 valence electrons. The minimum Gasteiger partial charge on any atom is -0.288 e. The number of rotatable bonds is 0. The fraction of sp³-hybridized carbons (Fsp3) is 0.235. The Morgan fingerprint density at radius 1 is 0.895 bits per heavy atom. The Bertz CT molecular complexity index is 845. The lowest BCUT2D eigenvalue weighted by molar-refractivity contribution is 0.690. The summed E-state index contributed by atoms with van der Waals surface area (Å²) < 4.78 is 2.24. The van der Waals surface area contributed by atoms with Crippen molar-refractivity contribution >= 4 is 31.5 Å². The van der Waals surface area contributed by atoms with Gasteiger partial charge in [-0.1, -0.05) is 18.2 Å². The minimum absolute atomic E-state index is 0.225. The van der Waals surface area contributed by atoms with Crippen LogP contribution in [-0.4, -0.2) is 0 Å². The number of fused-ring (bicyclic) bond motifs is 4. The fourth-order valence-electron chi connectivity index (χ4n) is 3.14. The van der Waals surface area contributed by atoms with Crippen LogP contribution in [0.1, 0.15) is 24.0 Å². The summed E-state index contributed by atoms with van der Waals surface area (Å²) in [4.78, 5) is 12.8. The molecule has 2 heteroatoms. The highest BCUT2D eigenvalue weighted by Gasteiger charge is 2.16. The van der Waals surface area contributed by atoms with Crippen LogP contribution in [0.2, 0.25) is 0 Å². The van der Waals surface area contributed by atoms with Gasteiger partial charge in [-0.05, 0) is 55.0 Å². The Kier molecular flexibility index (Phi) is 2.46. The lowest BCUT2D eigenvalue weighted by atomic mass is 9.89. The molecule has 0 saturated carbocycles. The maximum Gasteiger partial charge on any atom is 0.196 e. The van der Waals surface area contributed by atoms with E-state index < -0.39 is 0 Å². The predicted octanol–water partition coefficient (Wildman–Crippen LogP) is 4.29. The smallest absolute Gasteiger partial charge is 0.196 e. The lowest BCUT2D eigenvalue weighted by Gasteiger charge is -2.17.